The summed E-state index contributed by atoms with van der Waals surface area (Å²) in [6.07, 6.45) is 3.97. The van der Waals surface area contributed by atoms with Gasteiger partial charge >= 0.3 is 0 Å². The molecule has 1 heterocycles. The van der Waals surface area contributed by atoms with Crippen molar-refractivity contribution in [1.29, 1.82) is 0 Å². The molecular weight excluding hydrogens is 382 g/mol. The first kappa shape index (κ1) is 20.9. The number of rotatable bonds is 8. The number of aromatic hydroxyl groups is 1. The smallest absolute Gasteiger partial charge is 0.166 e. The lowest BCUT2D eigenvalue weighted by atomic mass is 9.98. The van der Waals surface area contributed by atoms with Crippen LogP contribution in [0.5, 0.6) is 11.5 Å². The predicted molar refractivity (Wildman–Crippen MR) is 116 cm³/mol. The first-order valence-electron chi connectivity index (χ1n) is 9.59. The number of hydrogen-bond donors (Lipinski definition) is 1. The fourth-order valence-corrected chi connectivity index (χ4v) is 3.83. The van der Waals surface area contributed by atoms with Gasteiger partial charge in [-0.25, -0.2) is 0 Å². The summed E-state index contributed by atoms with van der Waals surface area (Å²) in [5, 5.41) is 10.5. The number of phenolic OH excluding ortho intramolecular Hbond substituents is 1. The van der Waals surface area contributed by atoms with Crippen LogP contribution < -0.4 is 4.74 Å². The molecule has 29 heavy (non-hydrogen) atoms. The van der Waals surface area contributed by atoms with Gasteiger partial charge in [0.25, 0.3) is 0 Å². The number of Topliss-reactive ketones (excluding diaryl/α,β-unsaturated/α-hetero) is 1. The maximum atomic E-state index is 12.3. The van der Waals surface area contributed by atoms with Gasteiger partial charge < -0.3 is 9.84 Å². The third-order valence-corrected chi connectivity index (χ3v) is 5.45. The highest BCUT2D eigenvalue weighted by molar-refractivity contribution is 7.99. The highest BCUT2D eigenvalue weighted by Crippen LogP contribution is 2.33. The van der Waals surface area contributed by atoms with Crippen molar-refractivity contribution in [2.75, 3.05) is 0 Å². The highest BCUT2D eigenvalue weighted by atomic mass is 32.2. The number of carbonyl (C=O) groups is 1. The lowest BCUT2D eigenvalue weighted by molar-refractivity contribution is 0.0965. The lowest BCUT2D eigenvalue weighted by Crippen LogP contribution is -2.05. The van der Waals surface area contributed by atoms with Crippen molar-refractivity contribution in [3.8, 4) is 11.5 Å². The molecule has 0 spiro atoms. The minimum atomic E-state index is -0.0482. The van der Waals surface area contributed by atoms with E-state index in [0.717, 1.165) is 15.4 Å². The van der Waals surface area contributed by atoms with Crippen molar-refractivity contribution in [2.24, 2.45) is 5.92 Å². The molecular formula is C24H25NO3S. The van der Waals surface area contributed by atoms with E-state index in [-0.39, 0.29) is 17.5 Å². The molecule has 0 atom stereocenters. The standard InChI is InChI=1S/C24H25NO3S/c1-16(2)13-22(26)21-7-8-23(17(3)24(21)27)28-15-18-5-4-6-20(14-18)29-19-9-11-25-12-10-19/h4-12,14,16,27H,13,15H2,1-3H3. The van der Waals surface area contributed by atoms with Crippen molar-refractivity contribution in [3.63, 3.8) is 0 Å². The number of pyridine rings is 1. The molecule has 4 nitrogen and oxygen atoms in total. The van der Waals surface area contributed by atoms with Gasteiger partial charge in [-0.1, -0.05) is 37.7 Å². The molecule has 3 rings (SSSR count). The summed E-state index contributed by atoms with van der Waals surface area (Å²) in [7, 11) is 0. The van der Waals surface area contributed by atoms with Crippen LogP contribution in [0, 0.1) is 12.8 Å². The van der Waals surface area contributed by atoms with Crippen molar-refractivity contribution in [1.82, 2.24) is 4.98 Å². The average Bonchev–Trinajstić information content (AvgIpc) is 2.69. The van der Waals surface area contributed by atoms with E-state index in [2.05, 4.69) is 17.1 Å². The van der Waals surface area contributed by atoms with Crippen LogP contribution in [0.25, 0.3) is 0 Å². The second-order valence-corrected chi connectivity index (χ2v) is 8.47. The molecule has 0 saturated heterocycles. The van der Waals surface area contributed by atoms with E-state index in [1.54, 1.807) is 43.2 Å². The molecule has 0 bridgehead atoms. The number of hydrogen-bond acceptors (Lipinski definition) is 5. The first-order valence-corrected chi connectivity index (χ1v) is 10.4. The van der Waals surface area contributed by atoms with Gasteiger partial charge in [-0.2, -0.15) is 0 Å². The third-order valence-electron chi connectivity index (χ3n) is 4.45. The van der Waals surface area contributed by atoms with Crippen molar-refractivity contribution in [2.45, 2.75) is 43.6 Å². The van der Waals surface area contributed by atoms with Gasteiger partial charge in [0.05, 0.1) is 5.56 Å². The van der Waals surface area contributed by atoms with Gasteiger partial charge in [0.15, 0.2) is 5.78 Å². The monoisotopic (exact) mass is 407 g/mol. The van der Waals surface area contributed by atoms with E-state index in [1.165, 1.54) is 0 Å². The molecule has 0 fully saturated rings. The maximum absolute atomic E-state index is 12.3. The van der Waals surface area contributed by atoms with Gasteiger partial charge in [-0.05, 0) is 54.8 Å². The molecule has 0 radical (unpaired) electrons. The average molecular weight is 408 g/mol. The summed E-state index contributed by atoms with van der Waals surface area (Å²) in [5.41, 5.74) is 1.98. The lowest BCUT2D eigenvalue weighted by Gasteiger charge is -2.14. The van der Waals surface area contributed by atoms with Crippen LogP contribution in [-0.4, -0.2) is 15.9 Å². The van der Waals surface area contributed by atoms with Crippen LogP contribution in [0.1, 0.15) is 41.8 Å². The van der Waals surface area contributed by atoms with Crippen molar-refractivity contribution >= 4 is 17.5 Å². The highest BCUT2D eigenvalue weighted by Gasteiger charge is 2.17. The van der Waals surface area contributed by atoms with E-state index in [0.29, 0.717) is 29.9 Å². The predicted octanol–water partition coefficient (Wildman–Crippen LogP) is 6.05. The molecule has 0 amide bonds. The number of carbonyl (C=O) groups excluding carboxylic acids is 1. The van der Waals surface area contributed by atoms with Gasteiger partial charge in [-0.15, -0.1) is 0 Å². The Morgan fingerprint density at radius 1 is 1.10 bits per heavy atom. The Kier molecular flexibility index (Phi) is 6.94. The van der Waals surface area contributed by atoms with Gasteiger partial charge in [0.2, 0.25) is 0 Å². The van der Waals surface area contributed by atoms with Crippen LogP contribution in [0.3, 0.4) is 0 Å². The Bertz CT molecular complexity index is 987. The largest absolute Gasteiger partial charge is 0.507 e. The summed E-state index contributed by atoms with van der Waals surface area (Å²) < 4.78 is 5.93. The Morgan fingerprint density at radius 2 is 1.86 bits per heavy atom. The van der Waals surface area contributed by atoms with Crippen molar-refractivity contribution < 1.29 is 14.6 Å². The second-order valence-electron chi connectivity index (χ2n) is 7.33. The summed E-state index contributed by atoms with van der Waals surface area (Å²) in [6, 6.07) is 15.5. The number of benzene rings is 2. The zero-order valence-electron chi connectivity index (χ0n) is 16.9. The zero-order chi connectivity index (χ0) is 20.8. The van der Waals surface area contributed by atoms with Crippen LogP contribution in [0.2, 0.25) is 0 Å². The van der Waals surface area contributed by atoms with Crippen LogP contribution in [0.15, 0.2) is 70.7 Å². The van der Waals surface area contributed by atoms with Gasteiger partial charge in [0.1, 0.15) is 18.1 Å². The Morgan fingerprint density at radius 3 is 2.59 bits per heavy atom. The summed E-state index contributed by atoms with van der Waals surface area (Å²) in [4.78, 5) is 18.6. The maximum Gasteiger partial charge on any atom is 0.166 e. The second kappa shape index (κ2) is 9.61. The molecule has 1 N–H and O–H groups in total. The van der Waals surface area contributed by atoms with E-state index < -0.39 is 0 Å². The SMILES string of the molecule is Cc1c(OCc2cccc(Sc3ccncc3)c2)ccc(C(=O)CC(C)C)c1O. The number of phenols is 1. The van der Waals surface area contributed by atoms with E-state index >= 15 is 0 Å². The van der Waals surface area contributed by atoms with Gasteiger partial charge in [-0.3, -0.25) is 9.78 Å². The topological polar surface area (TPSA) is 59.4 Å². The van der Waals surface area contributed by atoms with Crippen LogP contribution in [-0.2, 0) is 6.61 Å². The summed E-state index contributed by atoms with van der Waals surface area (Å²) in [5.74, 6) is 0.786. The molecule has 0 saturated carbocycles. The number of ether oxygens (including phenoxy) is 1. The normalized spacial score (nSPS) is 10.9. The van der Waals surface area contributed by atoms with Crippen molar-refractivity contribution in [3.05, 3.63) is 77.6 Å². The summed E-state index contributed by atoms with van der Waals surface area (Å²) >= 11 is 1.67. The fraction of sp³-hybridized carbons (Fsp3) is 0.250. The third kappa shape index (κ3) is 5.61. The van der Waals surface area contributed by atoms with E-state index in [9.17, 15) is 9.90 Å². The quantitative estimate of drug-likeness (QED) is 0.460. The Balaban J connectivity index is 1.69. The molecule has 5 heteroatoms. The molecule has 0 aliphatic rings. The molecule has 0 unspecified atom stereocenters. The number of aromatic nitrogens is 1. The number of nitrogens with zero attached hydrogens (tertiary/aromatic N) is 1. The Hall–Kier alpha value is -2.79. The Labute approximate surface area is 176 Å². The molecule has 0 aliphatic carbocycles. The molecule has 1 aromatic heterocycles. The fourth-order valence-electron chi connectivity index (χ4n) is 2.95. The minimum Gasteiger partial charge on any atom is -0.507 e. The molecule has 150 valence electrons. The van der Waals surface area contributed by atoms with Crippen LogP contribution >= 0.6 is 11.8 Å². The first-order chi connectivity index (χ1) is 13.9. The molecule has 0 aliphatic heterocycles. The van der Waals surface area contributed by atoms with E-state index in [1.807, 2.05) is 38.1 Å². The minimum absolute atomic E-state index is 0.00939. The van der Waals surface area contributed by atoms with Crippen LogP contribution in [0.4, 0.5) is 0 Å². The molecule has 2 aromatic carbocycles. The number of ketones is 1. The van der Waals surface area contributed by atoms with E-state index in [4.69, 9.17) is 4.74 Å². The summed E-state index contributed by atoms with van der Waals surface area (Å²) in [6.45, 7) is 6.12. The van der Waals surface area contributed by atoms with Gasteiger partial charge in [0, 0.05) is 34.2 Å². The molecule has 3 aromatic rings. The zero-order valence-corrected chi connectivity index (χ0v) is 17.7.